The second-order valence-electron chi connectivity index (χ2n) is 1.01. The zero-order valence-electron chi connectivity index (χ0n) is 3.65. The first-order valence-electron chi connectivity index (χ1n) is 1.69. The Morgan fingerprint density at radius 2 is 2.00 bits per heavy atom. The van der Waals surface area contributed by atoms with Gasteiger partial charge in [-0.1, -0.05) is 6.92 Å². The fourth-order valence-corrected chi connectivity index (χ4v) is 0. The summed E-state index contributed by atoms with van der Waals surface area (Å²) in [6, 6.07) is 0. The zero-order chi connectivity index (χ0) is 4.28. The topological polar surface area (TPSA) is 27.0 Å². The molecule has 5 heavy (non-hydrogen) atoms. The van der Waals surface area contributed by atoms with Crippen LogP contribution in [-0.2, 0) is 0 Å². The van der Waals surface area contributed by atoms with E-state index in [2.05, 4.69) is 0 Å². The summed E-state index contributed by atoms with van der Waals surface area (Å²) in [5, 5.41) is 1.38. The average molecular weight is 73.1 g/mol. The van der Waals surface area contributed by atoms with Gasteiger partial charge in [0.05, 0.1) is 0 Å². The minimum Gasteiger partial charge on any atom is -0.233 e. The minimum absolute atomic E-state index is 0.806. The lowest BCUT2D eigenvalue weighted by molar-refractivity contribution is 0.349. The Labute approximate surface area is 32.5 Å². The van der Waals surface area contributed by atoms with Crippen molar-refractivity contribution >= 4 is 0 Å². The van der Waals surface area contributed by atoms with Crippen molar-refractivity contribution in [3.63, 3.8) is 0 Å². The Morgan fingerprint density at radius 3 is 2.00 bits per heavy atom. The molecule has 0 bridgehead atoms. The lowest BCUT2D eigenvalue weighted by Gasteiger charge is -1.97. The molecule has 0 unspecified atom stereocenters. The van der Waals surface area contributed by atoms with Gasteiger partial charge in [0.1, 0.15) is 0 Å². The maximum Gasteiger partial charge on any atom is 0.0113 e. The van der Waals surface area contributed by atoms with Crippen LogP contribution in [-0.4, -0.2) is 18.6 Å². The van der Waals surface area contributed by atoms with E-state index in [4.69, 9.17) is 5.84 Å². The third-order valence-electron chi connectivity index (χ3n) is 0.474. The number of nitrogens with zero attached hydrogens (tertiary/aromatic N) is 1. The minimum atomic E-state index is 0.806. The summed E-state index contributed by atoms with van der Waals surface area (Å²) in [7, 11) is 1.72. The summed E-state index contributed by atoms with van der Waals surface area (Å²) in [5.74, 6) is 6.66. The number of nitrogens with one attached hydrogen (secondary N) is 1. The molecule has 0 spiro atoms. The zero-order valence-corrected chi connectivity index (χ0v) is 3.65. The molecular weight excluding hydrogens is 64.0 g/mol. The van der Waals surface area contributed by atoms with E-state index < -0.39 is 0 Å². The van der Waals surface area contributed by atoms with Gasteiger partial charge in [0.25, 0.3) is 0 Å². The van der Waals surface area contributed by atoms with Gasteiger partial charge in [-0.2, -0.15) is 5.84 Å². The van der Waals surface area contributed by atoms with Crippen molar-refractivity contribution in [2.24, 2.45) is 0 Å². The van der Waals surface area contributed by atoms with Crippen molar-refractivity contribution in [3.05, 3.63) is 0 Å². The highest BCUT2D eigenvalue weighted by Crippen LogP contribution is 1.61. The lowest BCUT2D eigenvalue weighted by Crippen LogP contribution is -2.12. The molecule has 0 aromatic carbocycles. The quantitative estimate of drug-likeness (QED) is 0.405. The van der Waals surface area contributed by atoms with Crippen LogP contribution in [0.4, 0.5) is 0 Å². The van der Waals surface area contributed by atoms with Crippen LogP contribution >= 0.6 is 0 Å². The molecule has 0 amide bonds. The normalized spacial score (nSPS) is 9.60. The van der Waals surface area contributed by atoms with Crippen LogP contribution in [0.5, 0.6) is 0 Å². The number of hydrogen-bond acceptors (Lipinski definition) is 1. The molecule has 0 heterocycles. The second kappa shape index (κ2) is 2.18. The van der Waals surface area contributed by atoms with Crippen LogP contribution in [0.25, 0.3) is 0 Å². The molecule has 0 aromatic heterocycles. The molecule has 0 atom stereocenters. The van der Waals surface area contributed by atoms with Gasteiger partial charge in [-0.15, -0.1) is 0 Å². The molecule has 2 heteroatoms. The Hall–Kier alpha value is -0.0800. The van der Waals surface area contributed by atoms with E-state index in [0.717, 1.165) is 6.54 Å². The van der Waals surface area contributed by atoms with Gasteiger partial charge in [-0.25, -0.2) is 5.01 Å². The Kier molecular flexibility index (Phi) is 2.14. The molecule has 1 N–H and O–H groups in total. The average Bonchev–Trinajstić information content (AvgIpc) is 1.38. The van der Waals surface area contributed by atoms with E-state index >= 15 is 0 Å². The molecule has 0 rings (SSSR count). The van der Waals surface area contributed by atoms with Crippen LogP contribution < -0.4 is 5.84 Å². The molecule has 31 valence electrons. The largest absolute Gasteiger partial charge is 0.233 e. The SMILES string of the molecule is CCN(C)[NH]. The molecule has 0 saturated carbocycles. The fraction of sp³-hybridized carbons (Fsp3) is 1.00. The first-order chi connectivity index (χ1) is 2.27. The van der Waals surface area contributed by atoms with Crippen molar-refractivity contribution < 1.29 is 0 Å². The first-order valence-corrected chi connectivity index (χ1v) is 1.69. The van der Waals surface area contributed by atoms with Gasteiger partial charge >= 0.3 is 0 Å². The maximum absolute atomic E-state index is 6.66. The molecule has 2 nitrogen and oxygen atoms in total. The van der Waals surface area contributed by atoms with Gasteiger partial charge in [-0.3, -0.25) is 0 Å². The third kappa shape index (κ3) is 3.92. The number of rotatable bonds is 1. The highest BCUT2D eigenvalue weighted by molar-refractivity contribution is 4.20. The predicted molar refractivity (Wildman–Crippen MR) is 21.4 cm³/mol. The van der Waals surface area contributed by atoms with Gasteiger partial charge < -0.3 is 0 Å². The van der Waals surface area contributed by atoms with E-state index in [1.165, 1.54) is 5.01 Å². The van der Waals surface area contributed by atoms with Gasteiger partial charge in [0.2, 0.25) is 0 Å². The molecule has 0 aliphatic rings. The van der Waals surface area contributed by atoms with E-state index in [-0.39, 0.29) is 0 Å². The Bertz CT molecular complexity index is 18.9. The monoisotopic (exact) mass is 73.1 g/mol. The smallest absolute Gasteiger partial charge is 0.0113 e. The molecule has 0 aliphatic carbocycles. The molecule has 0 fully saturated rings. The van der Waals surface area contributed by atoms with E-state index in [0.29, 0.717) is 0 Å². The molecule has 0 saturated heterocycles. The third-order valence-corrected chi connectivity index (χ3v) is 0.474. The summed E-state index contributed by atoms with van der Waals surface area (Å²) < 4.78 is 0. The van der Waals surface area contributed by atoms with Crippen LogP contribution in [0.2, 0.25) is 0 Å². The van der Waals surface area contributed by atoms with Crippen molar-refractivity contribution in [1.29, 1.82) is 0 Å². The van der Waals surface area contributed by atoms with E-state index in [1.54, 1.807) is 7.05 Å². The van der Waals surface area contributed by atoms with Gasteiger partial charge in [-0.05, 0) is 0 Å². The number of hydrogen-bond donors (Lipinski definition) is 0. The first kappa shape index (κ1) is 4.92. The van der Waals surface area contributed by atoms with Crippen LogP contribution in [0.1, 0.15) is 6.92 Å². The Morgan fingerprint density at radius 1 is 1.80 bits per heavy atom. The van der Waals surface area contributed by atoms with E-state index in [9.17, 15) is 0 Å². The molecule has 1 radical (unpaired) electrons. The van der Waals surface area contributed by atoms with Crippen molar-refractivity contribution in [2.45, 2.75) is 6.92 Å². The van der Waals surface area contributed by atoms with E-state index in [1.807, 2.05) is 6.92 Å². The lowest BCUT2D eigenvalue weighted by atomic mass is 10.8. The summed E-state index contributed by atoms with van der Waals surface area (Å²) in [5.41, 5.74) is 0. The van der Waals surface area contributed by atoms with Gasteiger partial charge in [0.15, 0.2) is 0 Å². The summed E-state index contributed by atoms with van der Waals surface area (Å²) >= 11 is 0. The van der Waals surface area contributed by atoms with Crippen molar-refractivity contribution in [2.75, 3.05) is 13.6 Å². The molecule has 0 aliphatic heterocycles. The predicted octanol–water partition coefficient (Wildman–Crippen LogP) is 0.136. The molecule has 0 aromatic rings. The standard InChI is InChI=1S/C3H9N2/c1-3-5(2)4/h4H,3H2,1-2H3. The van der Waals surface area contributed by atoms with Crippen molar-refractivity contribution in [1.82, 2.24) is 10.9 Å². The van der Waals surface area contributed by atoms with Crippen LogP contribution in [0.15, 0.2) is 0 Å². The van der Waals surface area contributed by atoms with Crippen LogP contribution in [0, 0.1) is 0 Å². The van der Waals surface area contributed by atoms with Crippen LogP contribution in [0.3, 0.4) is 0 Å². The van der Waals surface area contributed by atoms with Crippen molar-refractivity contribution in [3.8, 4) is 0 Å². The fourth-order valence-electron chi connectivity index (χ4n) is 0. The molecular formula is C3H9N2. The Balaban J connectivity index is 2.54. The van der Waals surface area contributed by atoms with Gasteiger partial charge in [0, 0.05) is 13.6 Å². The highest BCUT2D eigenvalue weighted by Gasteiger charge is 1.73. The second-order valence-corrected chi connectivity index (χ2v) is 1.01. The summed E-state index contributed by atoms with van der Waals surface area (Å²) in [6.45, 7) is 2.74. The summed E-state index contributed by atoms with van der Waals surface area (Å²) in [6.07, 6.45) is 0. The maximum atomic E-state index is 6.66. The highest BCUT2D eigenvalue weighted by atomic mass is 15.4. The summed E-state index contributed by atoms with van der Waals surface area (Å²) in [4.78, 5) is 0.